The Morgan fingerprint density at radius 1 is 1.17 bits per heavy atom. The molecule has 1 unspecified atom stereocenters. The standard InChI is InChI=1S/C25H32F2N4O3S/c1-13-20(14(2)31(30-13)35-27)18-11-10-17(12-19(18)26)28-23(32)22(29-24(33)34-25(3,4)5)21(15-6-7-15)16-8-9-16/h10-12,15-16,21-22H,6-9H2,1-5H3,(H,28,32)(H,29,33). The topological polar surface area (TPSA) is 85.3 Å². The molecular weight excluding hydrogens is 474 g/mol. The quantitative estimate of drug-likeness (QED) is 0.462. The molecule has 1 atom stereocenters. The minimum Gasteiger partial charge on any atom is -0.444 e. The molecular formula is C25H32F2N4O3S. The van der Waals surface area contributed by atoms with Crippen molar-refractivity contribution in [3.05, 3.63) is 35.4 Å². The molecule has 190 valence electrons. The Labute approximate surface area is 208 Å². The third kappa shape index (κ3) is 5.97. The number of hydrogen-bond acceptors (Lipinski definition) is 5. The number of nitrogens with zero attached hydrogens (tertiary/aromatic N) is 2. The van der Waals surface area contributed by atoms with Crippen LogP contribution in [0.15, 0.2) is 18.2 Å². The van der Waals surface area contributed by atoms with E-state index in [-0.39, 0.29) is 35.4 Å². The van der Waals surface area contributed by atoms with Crippen molar-refractivity contribution in [1.29, 1.82) is 0 Å². The van der Waals surface area contributed by atoms with Gasteiger partial charge in [0.05, 0.1) is 11.4 Å². The average molecular weight is 507 g/mol. The lowest BCUT2D eigenvalue weighted by Gasteiger charge is -2.29. The third-order valence-electron chi connectivity index (χ3n) is 6.49. The van der Waals surface area contributed by atoms with Gasteiger partial charge in [-0.1, -0.05) is 0 Å². The zero-order valence-corrected chi connectivity index (χ0v) is 21.5. The van der Waals surface area contributed by atoms with Gasteiger partial charge in [-0.15, -0.1) is 3.89 Å². The molecule has 1 aromatic heterocycles. The maximum Gasteiger partial charge on any atom is 0.408 e. The van der Waals surface area contributed by atoms with Gasteiger partial charge in [-0.3, -0.25) is 4.79 Å². The fraction of sp³-hybridized carbons (Fsp3) is 0.560. The largest absolute Gasteiger partial charge is 0.444 e. The first kappa shape index (κ1) is 25.5. The van der Waals surface area contributed by atoms with Gasteiger partial charge in [0.25, 0.3) is 0 Å². The average Bonchev–Trinajstić information content (AvgIpc) is 3.67. The summed E-state index contributed by atoms with van der Waals surface area (Å²) in [5.41, 5.74) is 1.36. The number of hydrogen-bond donors (Lipinski definition) is 2. The van der Waals surface area contributed by atoms with Crippen LogP contribution in [0.1, 0.15) is 57.8 Å². The molecule has 2 aliphatic rings. The van der Waals surface area contributed by atoms with Crippen molar-refractivity contribution in [2.75, 3.05) is 5.32 Å². The Hall–Kier alpha value is -2.62. The minimum atomic E-state index is -0.767. The van der Waals surface area contributed by atoms with Crippen molar-refractivity contribution in [1.82, 2.24) is 14.5 Å². The predicted molar refractivity (Wildman–Crippen MR) is 132 cm³/mol. The van der Waals surface area contributed by atoms with Gasteiger partial charge in [0.2, 0.25) is 5.91 Å². The van der Waals surface area contributed by atoms with E-state index in [1.807, 2.05) is 0 Å². The highest BCUT2D eigenvalue weighted by Gasteiger charge is 2.48. The Bertz CT molecular complexity index is 1110. The number of halogens is 2. The van der Waals surface area contributed by atoms with E-state index >= 15 is 4.39 Å². The number of anilines is 1. The fourth-order valence-electron chi connectivity index (χ4n) is 4.75. The monoisotopic (exact) mass is 506 g/mol. The molecule has 7 nitrogen and oxygen atoms in total. The van der Waals surface area contributed by atoms with Crippen LogP contribution in [0.2, 0.25) is 0 Å². The van der Waals surface area contributed by atoms with E-state index in [0.717, 1.165) is 29.8 Å². The number of nitrogens with one attached hydrogen (secondary N) is 2. The lowest BCUT2D eigenvalue weighted by Crippen LogP contribution is -2.51. The number of aryl methyl sites for hydroxylation is 1. The maximum atomic E-state index is 15.1. The first-order chi connectivity index (χ1) is 16.5. The molecule has 0 saturated heterocycles. The molecule has 1 heterocycles. The summed E-state index contributed by atoms with van der Waals surface area (Å²) in [5.74, 6) is -0.136. The third-order valence-corrected chi connectivity index (χ3v) is 6.98. The molecule has 2 N–H and O–H groups in total. The lowest BCUT2D eigenvalue weighted by atomic mass is 9.88. The van der Waals surface area contributed by atoms with E-state index < -0.39 is 23.6 Å². The predicted octanol–water partition coefficient (Wildman–Crippen LogP) is 5.95. The second-order valence-corrected chi connectivity index (χ2v) is 11.0. The zero-order chi connectivity index (χ0) is 25.5. The van der Waals surface area contributed by atoms with E-state index in [0.29, 0.717) is 28.8 Å². The van der Waals surface area contributed by atoms with Gasteiger partial charge in [-0.25, -0.2) is 9.18 Å². The second-order valence-electron chi connectivity index (χ2n) is 10.5. The summed E-state index contributed by atoms with van der Waals surface area (Å²) >= 11 is -0.0476. The van der Waals surface area contributed by atoms with Gasteiger partial charge in [0.15, 0.2) is 12.3 Å². The smallest absolute Gasteiger partial charge is 0.408 e. The van der Waals surface area contributed by atoms with E-state index in [1.165, 1.54) is 6.07 Å². The van der Waals surface area contributed by atoms with E-state index in [9.17, 15) is 13.5 Å². The summed E-state index contributed by atoms with van der Waals surface area (Å²) in [4.78, 5) is 25.9. The number of benzene rings is 1. The fourth-order valence-corrected chi connectivity index (χ4v) is 5.10. The van der Waals surface area contributed by atoms with Crippen LogP contribution in [0.25, 0.3) is 11.1 Å². The van der Waals surface area contributed by atoms with Crippen LogP contribution in [-0.4, -0.2) is 32.8 Å². The summed E-state index contributed by atoms with van der Waals surface area (Å²) in [6, 6.07) is 3.62. The van der Waals surface area contributed by atoms with Gasteiger partial charge in [-0.05, 0) is 96.3 Å². The first-order valence-corrected chi connectivity index (χ1v) is 12.6. The van der Waals surface area contributed by atoms with Crippen LogP contribution in [0, 0.1) is 37.4 Å². The molecule has 2 aromatic rings. The molecule has 10 heteroatoms. The van der Waals surface area contributed by atoms with Crippen LogP contribution >= 0.6 is 12.3 Å². The highest BCUT2D eigenvalue weighted by atomic mass is 32.2. The highest BCUT2D eigenvalue weighted by Crippen LogP contribution is 2.51. The first-order valence-electron chi connectivity index (χ1n) is 11.9. The summed E-state index contributed by atoms with van der Waals surface area (Å²) in [7, 11) is 0. The molecule has 1 aromatic carbocycles. The molecule has 0 radical (unpaired) electrons. The summed E-state index contributed by atoms with van der Waals surface area (Å²) in [5, 5.41) is 9.66. The van der Waals surface area contributed by atoms with E-state index in [1.54, 1.807) is 46.8 Å². The minimum absolute atomic E-state index is 0.0287. The number of carbonyl (C=O) groups excluding carboxylic acids is 2. The zero-order valence-electron chi connectivity index (χ0n) is 20.7. The maximum absolute atomic E-state index is 15.1. The molecule has 2 saturated carbocycles. The van der Waals surface area contributed by atoms with Crippen molar-refractivity contribution in [3.63, 3.8) is 0 Å². The van der Waals surface area contributed by atoms with Crippen molar-refractivity contribution in [2.24, 2.45) is 17.8 Å². The van der Waals surface area contributed by atoms with Crippen LogP contribution in [0.5, 0.6) is 0 Å². The van der Waals surface area contributed by atoms with Crippen LogP contribution < -0.4 is 10.6 Å². The highest BCUT2D eigenvalue weighted by molar-refractivity contribution is 7.92. The van der Waals surface area contributed by atoms with Gasteiger partial charge in [0.1, 0.15) is 17.5 Å². The Kier molecular flexibility index (Phi) is 7.13. The summed E-state index contributed by atoms with van der Waals surface area (Å²) < 4.78 is 34.7. The summed E-state index contributed by atoms with van der Waals surface area (Å²) in [6.07, 6.45) is 3.50. The normalized spacial score (nSPS) is 16.8. The molecule has 2 fully saturated rings. The van der Waals surface area contributed by atoms with Gasteiger partial charge in [0, 0.05) is 16.8 Å². The second kappa shape index (κ2) is 9.79. The van der Waals surface area contributed by atoms with Crippen molar-refractivity contribution in [2.45, 2.75) is 71.9 Å². The Balaban J connectivity index is 1.55. The van der Waals surface area contributed by atoms with Crippen LogP contribution in [-0.2, 0) is 9.53 Å². The number of aromatic nitrogens is 2. The molecule has 0 spiro atoms. The van der Waals surface area contributed by atoms with Crippen LogP contribution in [0.4, 0.5) is 18.8 Å². The van der Waals surface area contributed by atoms with Crippen LogP contribution in [0.3, 0.4) is 0 Å². The van der Waals surface area contributed by atoms with Gasteiger partial charge in [-0.2, -0.15) is 9.19 Å². The lowest BCUT2D eigenvalue weighted by molar-refractivity contribution is -0.120. The van der Waals surface area contributed by atoms with E-state index in [2.05, 4.69) is 15.7 Å². The van der Waals surface area contributed by atoms with Gasteiger partial charge < -0.3 is 15.4 Å². The van der Waals surface area contributed by atoms with Crippen molar-refractivity contribution < 1.29 is 22.6 Å². The number of amides is 2. The number of rotatable bonds is 8. The summed E-state index contributed by atoms with van der Waals surface area (Å²) in [6.45, 7) is 8.66. The molecule has 2 amide bonds. The van der Waals surface area contributed by atoms with Crippen molar-refractivity contribution in [3.8, 4) is 11.1 Å². The van der Waals surface area contributed by atoms with E-state index in [4.69, 9.17) is 4.74 Å². The number of alkyl carbamates (subject to hydrolysis) is 1. The molecule has 4 rings (SSSR count). The Morgan fingerprint density at radius 3 is 2.29 bits per heavy atom. The van der Waals surface area contributed by atoms with Crippen molar-refractivity contribution >= 4 is 30.0 Å². The molecule has 0 bridgehead atoms. The molecule has 2 aliphatic carbocycles. The number of ether oxygens (including phenoxy) is 1. The molecule has 0 aliphatic heterocycles. The number of carbonyl (C=O) groups is 2. The van der Waals surface area contributed by atoms with Gasteiger partial charge >= 0.3 is 6.09 Å². The molecule has 35 heavy (non-hydrogen) atoms. The SMILES string of the molecule is Cc1nn(SF)c(C)c1-c1ccc(NC(=O)C(NC(=O)OC(C)(C)C)C(C2CC2)C2CC2)cc1F. The Morgan fingerprint density at radius 2 is 1.80 bits per heavy atom.